The fourth-order valence-corrected chi connectivity index (χ4v) is 3.66. The molecule has 1 N–H and O–H groups in total. The Bertz CT molecular complexity index is 1250. The van der Waals surface area contributed by atoms with E-state index in [2.05, 4.69) is 15.0 Å². The van der Waals surface area contributed by atoms with Crippen LogP contribution in [0.4, 0.5) is 0 Å². The van der Waals surface area contributed by atoms with Crippen molar-refractivity contribution in [3.05, 3.63) is 54.5 Å². The largest absolute Gasteiger partial charge is 0.491 e. The van der Waals surface area contributed by atoms with Gasteiger partial charge in [0.2, 0.25) is 0 Å². The van der Waals surface area contributed by atoms with E-state index >= 15 is 0 Å². The molecule has 0 bridgehead atoms. The SMILES string of the molecule is Cc1ncnc2c1nc(S(=O)(=O)O)n2CCOc1cccc2ccccc12. The molecule has 2 aromatic carbocycles. The third-order valence-electron chi connectivity index (χ3n) is 4.23. The number of imidazole rings is 1. The van der Waals surface area contributed by atoms with Crippen molar-refractivity contribution in [1.82, 2.24) is 19.5 Å². The zero-order valence-electron chi connectivity index (χ0n) is 14.4. The number of hydrogen-bond donors (Lipinski definition) is 1. The van der Waals surface area contributed by atoms with E-state index in [0.29, 0.717) is 22.6 Å². The van der Waals surface area contributed by atoms with Gasteiger partial charge in [-0.05, 0) is 18.4 Å². The van der Waals surface area contributed by atoms with Crippen LogP contribution in [-0.4, -0.2) is 39.1 Å². The molecule has 27 heavy (non-hydrogen) atoms. The van der Waals surface area contributed by atoms with Crippen LogP contribution in [0.1, 0.15) is 5.69 Å². The Morgan fingerprint density at radius 2 is 1.89 bits per heavy atom. The Morgan fingerprint density at radius 1 is 1.11 bits per heavy atom. The quantitative estimate of drug-likeness (QED) is 0.527. The molecule has 4 aromatic rings. The van der Waals surface area contributed by atoms with Crippen molar-refractivity contribution in [2.45, 2.75) is 18.6 Å². The molecule has 9 heteroatoms. The van der Waals surface area contributed by atoms with Crippen LogP contribution in [0.3, 0.4) is 0 Å². The highest BCUT2D eigenvalue weighted by atomic mass is 32.2. The first-order valence-corrected chi connectivity index (χ1v) is 9.65. The highest BCUT2D eigenvalue weighted by Crippen LogP contribution is 2.25. The molecule has 0 amide bonds. The van der Waals surface area contributed by atoms with Gasteiger partial charge >= 0.3 is 10.1 Å². The van der Waals surface area contributed by atoms with Gasteiger partial charge in [-0.15, -0.1) is 0 Å². The van der Waals surface area contributed by atoms with Crippen LogP contribution in [0.5, 0.6) is 5.75 Å². The maximum absolute atomic E-state index is 11.7. The van der Waals surface area contributed by atoms with E-state index in [-0.39, 0.29) is 13.2 Å². The summed E-state index contributed by atoms with van der Waals surface area (Å²) in [6, 6.07) is 13.6. The molecule has 0 aliphatic rings. The minimum absolute atomic E-state index is 0.144. The lowest BCUT2D eigenvalue weighted by atomic mass is 10.1. The summed E-state index contributed by atoms with van der Waals surface area (Å²) < 4.78 is 40.2. The fourth-order valence-electron chi connectivity index (χ4n) is 3.00. The number of benzene rings is 2. The number of nitrogens with zero attached hydrogens (tertiary/aromatic N) is 4. The minimum atomic E-state index is -4.51. The van der Waals surface area contributed by atoms with Crippen LogP contribution < -0.4 is 4.74 Å². The summed E-state index contributed by atoms with van der Waals surface area (Å²) in [5, 5.41) is 1.54. The normalized spacial score (nSPS) is 11.9. The molecule has 2 aromatic heterocycles. The van der Waals surface area contributed by atoms with E-state index in [1.165, 1.54) is 10.9 Å². The van der Waals surface area contributed by atoms with Crippen LogP contribution in [0.25, 0.3) is 21.9 Å². The number of fused-ring (bicyclic) bond motifs is 2. The third kappa shape index (κ3) is 3.22. The van der Waals surface area contributed by atoms with Gasteiger partial charge in [-0.25, -0.2) is 15.0 Å². The van der Waals surface area contributed by atoms with Crippen molar-refractivity contribution < 1.29 is 17.7 Å². The van der Waals surface area contributed by atoms with Crippen LogP contribution in [0, 0.1) is 6.92 Å². The predicted molar refractivity (Wildman–Crippen MR) is 99.3 cm³/mol. The summed E-state index contributed by atoms with van der Waals surface area (Å²) in [6.45, 7) is 2.01. The molecule has 2 heterocycles. The number of hydrogen-bond acceptors (Lipinski definition) is 6. The van der Waals surface area contributed by atoms with Crippen molar-refractivity contribution in [2.24, 2.45) is 0 Å². The maximum atomic E-state index is 11.7. The lowest BCUT2D eigenvalue weighted by Crippen LogP contribution is -2.15. The highest BCUT2D eigenvalue weighted by molar-refractivity contribution is 7.85. The van der Waals surface area contributed by atoms with Gasteiger partial charge < -0.3 is 4.74 Å². The topological polar surface area (TPSA) is 107 Å². The van der Waals surface area contributed by atoms with E-state index < -0.39 is 15.3 Å². The minimum Gasteiger partial charge on any atom is -0.491 e. The Balaban J connectivity index is 1.67. The number of aromatic nitrogens is 4. The lowest BCUT2D eigenvalue weighted by molar-refractivity contribution is 0.297. The predicted octanol–water partition coefficient (Wildman–Crippen LogP) is 2.61. The van der Waals surface area contributed by atoms with Crippen LogP contribution in [0.2, 0.25) is 0 Å². The average Bonchev–Trinajstić information content (AvgIpc) is 3.03. The van der Waals surface area contributed by atoms with E-state index in [1.807, 2.05) is 42.5 Å². The van der Waals surface area contributed by atoms with E-state index in [1.54, 1.807) is 6.92 Å². The van der Waals surface area contributed by atoms with Gasteiger partial charge in [0.1, 0.15) is 24.2 Å². The van der Waals surface area contributed by atoms with Crippen molar-refractivity contribution in [2.75, 3.05) is 6.61 Å². The zero-order chi connectivity index (χ0) is 19.0. The molecule has 0 atom stereocenters. The number of ether oxygens (including phenoxy) is 1. The van der Waals surface area contributed by atoms with Crippen molar-refractivity contribution in [3.63, 3.8) is 0 Å². The molecular weight excluding hydrogens is 368 g/mol. The fraction of sp³-hybridized carbons (Fsp3) is 0.167. The first-order valence-electron chi connectivity index (χ1n) is 8.21. The smallest absolute Gasteiger partial charge is 0.328 e. The van der Waals surface area contributed by atoms with Gasteiger partial charge in [-0.1, -0.05) is 36.4 Å². The molecule has 0 spiro atoms. The highest BCUT2D eigenvalue weighted by Gasteiger charge is 2.23. The summed E-state index contributed by atoms with van der Waals surface area (Å²) in [5.41, 5.74) is 1.19. The summed E-state index contributed by atoms with van der Waals surface area (Å²) >= 11 is 0. The third-order valence-corrected chi connectivity index (χ3v) is 5.01. The average molecular weight is 384 g/mol. The molecule has 0 saturated heterocycles. The molecular formula is C18H16N4O4S. The molecule has 0 aliphatic heterocycles. The Labute approximate surface area is 155 Å². The molecule has 0 saturated carbocycles. The second-order valence-electron chi connectivity index (χ2n) is 5.98. The molecule has 8 nitrogen and oxygen atoms in total. The Kier molecular flexibility index (Phi) is 4.25. The molecule has 0 radical (unpaired) electrons. The summed E-state index contributed by atoms with van der Waals surface area (Å²) in [4.78, 5) is 12.1. The van der Waals surface area contributed by atoms with Crippen LogP contribution in [-0.2, 0) is 16.7 Å². The van der Waals surface area contributed by atoms with Gasteiger partial charge in [-0.2, -0.15) is 8.42 Å². The number of aryl methyl sites for hydroxylation is 1. The Morgan fingerprint density at radius 3 is 2.70 bits per heavy atom. The van der Waals surface area contributed by atoms with Gasteiger partial charge in [0.25, 0.3) is 5.16 Å². The lowest BCUT2D eigenvalue weighted by Gasteiger charge is -2.11. The number of rotatable bonds is 5. The van der Waals surface area contributed by atoms with Gasteiger partial charge in [-0.3, -0.25) is 9.12 Å². The van der Waals surface area contributed by atoms with E-state index in [9.17, 15) is 13.0 Å². The molecule has 0 fully saturated rings. The van der Waals surface area contributed by atoms with Crippen molar-refractivity contribution >= 4 is 32.1 Å². The van der Waals surface area contributed by atoms with Gasteiger partial charge in [0.05, 0.1) is 12.2 Å². The summed E-state index contributed by atoms with van der Waals surface area (Å²) in [7, 11) is -4.51. The van der Waals surface area contributed by atoms with Crippen molar-refractivity contribution in [1.29, 1.82) is 0 Å². The molecule has 138 valence electrons. The molecule has 0 aliphatic carbocycles. The van der Waals surface area contributed by atoms with E-state index in [4.69, 9.17) is 4.74 Å². The monoisotopic (exact) mass is 384 g/mol. The van der Waals surface area contributed by atoms with Gasteiger partial charge in [0, 0.05) is 5.39 Å². The Hall–Kier alpha value is -3.04. The maximum Gasteiger partial charge on any atom is 0.328 e. The second kappa shape index (κ2) is 6.60. The van der Waals surface area contributed by atoms with E-state index in [0.717, 1.165) is 10.8 Å². The van der Waals surface area contributed by atoms with Crippen LogP contribution >= 0.6 is 0 Å². The first-order chi connectivity index (χ1) is 12.9. The van der Waals surface area contributed by atoms with Crippen molar-refractivity contribution in [3.8, 4) is 5.75 Å². The summed E-state index contributed by atoms with van der Waals surface area (Å²) in [5.74, 6) is 0.691. The van der Waals surface area contributed by atoms with Crippen LogP contribution in [0.15, 0.2) is 53.9 Å². The van der Waals surface area contributed by atoms with Gasteiger partial charge in [0.15, 0.2) is 5.65 Å². The zero-order valence-corrected chi connectivity index (χ0v) is 15.2. The molecule has 4 rings (SSSR count). The molecule has 0 unspecified atom stereocenters. The second-order valence-corrected chi connectivity index (χ2v) is 7.29. The standard InChI is InChI=1S/C18H16N4O4S/c1-12-16-17(20-11-19-12)22(18(21-16)27(23,24)25)9-10-26-15-8-4-6-13-5-2-3-7-14(13)15/h2-8,11H,9-10H2,1H3,(H,23,24,25). The summed E-state index contributed by atoms with van der Waals surface area (Å²) in [6.07, 6.45) is 1.33. The first kappa shape index (κ1) is 17.4.